The molecule has 2 aromatic rings. The maximum Gasteiger partial charge on any atom is 0.260 e. The van der Waals surface area contributed by atoms with Gasteiger partial charge in [-0.25, -0.2) is 0 Å². The highest BCUT2D eigenvalue weighted by Crippen LogP contribution is 2.28. The third kappa shape index (κ3) is 5.11. The number of thiophene rings is 1. The second-order valence-corrected chi connectivity index (χ2v) is 7.40. The second-order valence-electron chi connectivity index (χ2n) is 5.57. The Morgan fingerprint density at radius 3 is 2.67 bits per heavy atom. The lowest BCUT2D eigenvalue weighted by atomic mass is 10.2. The minimum absolute atomic E-state index is 0.125. The minimum Gasteiger partial charge on any atom is -0.479 e. The van der Waals surface area contributed by atoms with Crippen LogP contribution in [-0.2, 0) is 4.79 Å². The summed E-state index contributed by atoms with van der Waals surface area (Å²) in [5, 5.41) is 5.87. The summed E-state index contributed by atoms with van der Waals surface area (Å²) in [5.74, 6) is 0.246. The van der Waals surface area contributed by atoms with Gasteiger partial charge in [0.15, 0.2) is 6.10 Å². The van der Waals surface area contributed by atoms with Crippen molar-refractivity contribution in [3.63, 3.8) is 0 Å². The highest BCUT2D eigenvalue weighted by Gasteiger charge is 2.20. The van der Waals surface area contributed by atoms with Crippen LogP contribution in [0.4, 0.5) is 0 Å². The number of nitrogens with one attached hydrogen (secondary N) is 1. The van der Waals surface area contributed by atoms with Crippen molar-refractivity contribution in [3.8, 4) is 5.75 Å². The van der Waals surface area contributed by atoms with Gasteiger partial charge in [0.1, 0.15) is 5.75 Å². The Balaban J connectivity index is 1.93. The summed E-state index contributed by atoms with van der Waals surface area (Å²) in [6, 6.07) is 9.11. The zero-order valence-electron chi connectivity index (χ0n) is 13.8. The molecule has 0 saturated carbocycles. The van der Waals surface area contributed by atoms with E-state index in [2.05, 4.69) is 16.3 Å². The number of hydrogen-bond acceptors (Lipinski definition) is 4. The fourth-order valence-corrected chi connectivity index (χ4v) is 3.55. The largest absolute Gasteiger partial charge is 0.479 e. The van der Waals surface area contributed by atoms with E-state index in [9.17, 15) is 4.79 Å². The van der Waals surface area contributed by atoms with Crippen molar-refractivity contribution >= 4 is 40.4 Å². The van der Waals surface area contributed by atoms with Crippen LogP contribution in [0.1, 0.15) is 17.8 Å². The quantitative estimate of drug-likeness (QED) is 0.773. The standard InChI is InChI=1S/C17H20Cl2N2O2S/c1-11(23-15-7-6-12(18)9-13(15)19)17(22)20-10-14(21(2)3)16-5-4-8-24-16/h4-9,11,14H,10H2,1-3H3,(H,20,22). The van der Waals surface area contributed by atoms with Gasteiger partial charge in [0.2, 0.25) is 0 Å². The van der Waals surface area contributed by atoms with E-state index in [1.807, 2.05) is 25.5 Å². The Bertz CT molecular complexity index is 677. The second kappa shape index (κ2) is 8.72. The summed E-state index contributed by atoms with van der Waals surface area (Å²) in [5.41, 5.74) is 0. The van der Waals surface area contributed by atoms with Crippen molar-refractivity contribution in [3.05, 3.63) is 50.6 Å². The molecule has 0 spiro atoms. The molecular weight excluding hydrogens is 367 g/mol. The smallest absolute Gasteiger partial charge is 0.260 e. The number of benzene rings is 1. The zero-order valence-corrected chi connectivity index (χ0v) is 16.1. The molecule has 0 fully saturated rings. The number of rotatable bonds is 7. The molecular formula is C17H20Cl2N2O2S. The molecule has 0 radical (unpaired) electrons. The molecule has 1 N–H and O–H groups in total. The first-order valence-electron chi connectivity index (χ1n) is 7.47. The number of halogens is 2. The molecule has 2 rings (SSSR count). The monoisotopic (exact) mass is 386 g/mol. The van der Waals surface area contributed by atoms with Gasteiger partial charge in [-0.3, -0.25) is 4.79 Å². The Labute approximate surface area is 156 Å². The van der Waals surface area contributed by atoms with Crippen LogP contribution in [0.5, 0.6) is 5.75 Å². The number of hydrogen-bond donors (Lipinski definition) is 1. The average Bonchev–Trinajstić information content (AvgIpc) is 3.03. The third-order valence-corrected chi connectivity index (χ3v) is 5.04. The summed E-state index contributed by atoms with van der Waals surface area (Å²) < 4.78 is 5.63. The number of amides is 1. The van der Waals surface area contributed by atoms with E-state index >= 15 is 0 Å². The molecule has 7 heteroatoms. The topological polar surface area (TPSA) is 41.6 Å². The van der Waals surface area contributed by atoms with Crippen molar-refractivity contribution in [2.75, 3.05) is 20.6 Å². The van der Waals surface area contributed by atoms with Crippen LogP contribution < -0.4 is 10.1 Å². The number of likely N-dealkylation sites (N-methyl/N-ethyl adjacent to an activating group) is 1. The fraction of sp³-hybridized carbons (Fsp3) is 0.353. The highest BCUT2D eigenvalue weighted by molar-refractivity contribution is 7.10. The summed E-state index contributed by atoms with van der Waals surface area (Å²) in [7, 11) is 3.98. The van der Waals surface area contributed by atoms with E-state index in [1.54, 1.807) is 36.5 Å². The first-order chi connectivity index (χ1) is 11.4. The highest BCUT2D eigenvalue weighted by atomic mass is 35.5. The van der Waals surface area contributed by atoms with Crippen molar-refractivity contribution in [2.24, 2.45) is 0 Å². The molecule has 2 atom stereocenters. The molecule has 1 amide bonds. The van der Waals surface area contributed by atoms with Crippen molar-refractivity contribution in [1.29, 1.82) is 0 Å². The predicted molar refractivity (Wildman–Crippen MR) is 100 cm³/mol. The van der Waals surface area contributed by atoms with Crippen LogP contribution in [0, 0.1) is 0 Å². The van der Waals surface area contributed by atoms with Crippen molar-refractivity contribution in [1.82, 2.24) is 10.2 Å². The average molecular weight is 387 g/mol. The van der Waals surface area contributed by atoms with Gasteiger partial charge in [0, 0.05) is 16.4 Å². The van der Waals surface area contributed by atoms with Gasteiger partial charge in [0.25, 0.3) is 5.91 Å². The summed E-state index contributed by atoms with van der Waals surface area (Å²) in [6.07, 6.45) is -0.658. The molecule has 130 valence electrons. The molecule has 0 aliphatic rings. The van der Waals surface area contributed by atoms with E-state index in [0.29, 0.717) is 22.3 Å². The first-order valence-corrected chi connectivity index (χ1v) is 9.11. The van der Waals surface area contributed by atoms with Gasteiger partial charge in [-0.15, -0.1) is 11.3 Å². The van der Waals surface area contributed by atoms with E-state index in [4.69, 9.17) is 27.9 Å². The lowest BCUT2D eigenvalue weighted by Gasteiger charge is -2.24. The molecule has 0 aliphatic carbocycles. The van der Waals surface area contributed by atoms with Crippen LogP contribution in [0.25, 0.3) is 0 Å². The Hall–Kier alpha value is -1.27. The van der Waals surface area contributed by atoms with Gasteiger partial charge in [-0.1, -0.05) is 29.3 Å². The summed E-state index contributed by atoms with van der Waals surface area (Å²) in [4.78, 5) is 15.6. The van der Waals surface area contributed by atoms with Crippen LogP contribution in [-0.4, -0.2) is 37.6 Å². The predicted octanol–water partition coefficient (Wildman–Crippen LogP) is 4.24. The number of carbonyl (C=O) groups excluding carboxylic acids is 1. The van der Waals surface area contributed by atoms with Gasteiger partial charge in [0.05, 0.1) is 11.1 Å². The molecule has 1 aromatic heterocycles. The van der Waals surface area contributed by atoms with Gasteiger partial charge >= 0.3 is 0 Å². The van der Waals surface area contributed by atoms with Crippen LogP contribution in [0.3, 0.4) is 0 Å². The lowest BCUT2D eigenvalue weighted by molar-refractivity contribution is -0.127. The van der Waals surface area contributed by atoms with E-state index in [0.717, 1.165) is 0 Å². The van der Waals surface area contributed by atoms with Crippen LogP contribution in [0.2, 0.25) is 10.0 Å². The van der Waals surface area contributed by atoms with E-state index < -0.39 is 6.10 Å². The van der Waals surface area contributed by atoms with Gasteiger partial charge < -0.3 is 15.0 Å². The van der Waals surface area contributed by atoms with E-state index in [-0.39, 0.29) is 11.9 Å². The fourth-order valence-electron chi connectivity index (χ4n) is 2.17. The molecule has 1 aromatic carbocycles. The molecule has 0 bridgehead atoms. The first kappa shape index (κ1) is 19.1. The molecule has 1 heterocycles. The SMILES string of the molecule is CC(Oc1ccc(Cl)cc1Cl)C(=O)NCC(c1cccs1)N(C)C. The van der Waals surface area contributed by atoms with E-state index in [1.165, 1.54) is 4.88 Å². The molecule has 0 saturated heterocycles. The number of nitrogens with zero attached hydrogens (tertiary/aromatic N) is 1. The minimum atomic E-state index is -0.658. The van der Waals surface area contributed by atoms with Crippen molar-refractivity contribution in [2.45, 2.75) is 19.1 Å². The van der Waals surface area contributed by atoms with Crippen LogP contribution in [0.15, 0.2) is 35.7 Å². The lowest BCUT2D eigenvalue weighted by Crippen LogP contribution is -2.40. The summed E-state index contributed by atoms with van der Waals surface area (Å²) >= 11 is 13.6. The molecule has 2 unspecified atom stereocenters. The summed E-state index contributed by atoms with van der Waals surface area (Å²) in [6.45, 7) is 2.20. The van der Waals surface area contributed by atoms with Gasteiger partial charge in [-0.05, 0) is 50.7 Å². The Morgan fingerprint density at radius 1 is 1.33 bits per heavy atom. The maximum absolute atomic E-state index is 12.3. The Morgan fingerprint density at radius 2 is 2.08 bits per heavy atom. The Kier molecular flexibility index (Phi) is 6.92. The van der Waals surface area contributed by atoms with Crippen molar-refractivity contribution < 1.29 is 9.53 Å². The third-order valence-electron chi connectivity index (χ3n) is 3.53. The molecule has 4 nitrogen and oxygen atoms in total. The number of carbonyl (C=O) groups is 1. The van der Waals surface area contributed by atoms with Crippen LogP contribution >= 0.6 is 34.5 Å². The maximum atomic E-state index is 12.3. The molecule has 24 heavy (non-hydrogen) atoms. The normalized spacial score (nSPS) is 13.6. The number of ether oxygens (including phenoxy) is 1. The van der Waals surface area contributed by atoms with Gasteiger partial charge in [-0.2, -0.15) is 0 Å². The molecule has 0 aliphatic heterocycles. The zero-order chi connectivity index (χ0) is 17.7.